The molecule has 0 saturated carbocycles. The number of nitrogens with zero attached hydrogens (tertiary/aromatic N) is 1. The zero-order chi connectivity index (χ0) is 20.5. The second-order valence-corrected chi connectivity index (χ2v) is 7.80. The van der Waals surface area contributed by atoms with E-state index in [1.54, 1.807) is 32.0 Å². The first-order valence-corrected chi connectivity index (χ1v) is 9.44. The topological polar surface area (TPSA) is 41.6 Å². The Balaban J connectivity index is 2.12. The van der Waals surface area contributed by atoms with E-state index in [0.717, 1.165) is 23.2 Å². The molecule has 0 aromatic heterocycles. The summed E-state index contributed by atoms with van der Waals surface area (Å²) < 4.78 is 48.3. The van der Waals surface area contributed by atoms with Gasteiger partial charge in [-0.3, -0.25) is 10.2 Å². The van der Waals surface area contributed by atoms with Crippen LogP contribution in [-0.4, -0.2) is 30.2 Å². The fourth-order valence-corrected chi connectivity index (χ4v) is 3.45. The lowest BCUT2D eigenvalue weighted by molar-refractivity contribution is -0.192. The highest BCUT2D eigenvalue weighted by molar-refractivity contribution is 5.90. The molecular formula is C21H25F3N2O2. The summed E-state index contributed by atoms with van der Waals surface area (Å²) in [5.41, 5.74) is 1.53. The van der Waals surface area contributed by atoms with E-state index in [0.29, 0.717) is 12.0 Å². The Morgan fingerprint density at radius 1 is 1.21 bits per heavy atom. The van der Waals surface area contributed by atoms with Crippen molar-refractivity contribution in [2.75, 3.05) is 13.2 Å². The van der Waals surface area contributed by atoms with Crippen LogP contribution in [0.4, 0.5) is 13.2 Å². The van der Waals surface area contributed by atoms with Gasteiger partial charge in [0.25, 0.3) is 0 Å². The van der Waals surface area contributed by atoms with Crippen LogP contribution in [0, 0.1) is 5.41 Å². The summed E-state index contributed by atoms with van der Waals surface area (Å²) >= 11 is 0. The lowest BCUT2D eigenvalue weighted by Gasteiger charge is -2.31. The fourth-order valence-electron chi connectivity index (χ4n) is 3.45. The molecule has 28 heavy (non-hydrogen) atoms. The minimum atomic E-state index is -4.58. The van der Waals surface area contributed by atoms with Crippen LogP contribution >= 0.6 is 0 Å². The lowest BCUT2D eigenvalue weighted by Crippen LogP contribution is -2.43. The van der Waals surface area contributed by atoms with Gasteiger partial charge >= 0.3 is 6.18 Å². The van der Waals surface area contributed by atoms with Crippen LogP contribution in [-0.2, 0) is 4.79 Å². The number of amides is 1. The van der Waals surface area contributed by atoms with E-state index >= 15 is 0 Å². The van der Waals surface area contributed by atoms with Gasteiger partial charge in [-0.05, 0) is 25.7 Å². The molecule has 1 aliphatic rings. The highest BCUT2D eigenvalue weighted by Gasteiger charge is 2.52. The van der Waals surface area contributed by atoms with Gasteiger partial charge in [-0.2, -0.15) is 13.2 Å². The molecule has 4 nitrogen and oxygen atoms in total. The van der Waals surface area contributed by atoms with E-state index in [2.05, 4.69) is 5.43 Å². The predicted octanol–water partition coefficient (Wildman–Crippen LogP) is 5.00. The first kappa shape index (κ1) is 20.5. The first-order valence-electron chi connectivity index (χ1n) is 9.44. The van der Waals surface area contributed by atoms with Crippen LogP contribution in [0.1, 0.15) is 45.2 Å². The molecule has 7 heteroatoms. The smallest absolute Gasteiger partial charge is 0.410 e. The largest absolute Gasteiger partial charge is 0.493 e. The summed E-state index contributed by atoms with van der Waals surface area (Å²) in [6, 6.07) is 8.36. The second-order valence-electron chi connectivity index (χ2n) is 7.80. The Bertz CT molecular complexity index is 864. The number of unbranched alkanes of at least 4 members (excludes halogenated alkanes) is 1. The molecule has 0 aliphatic carbocycles. The third kappa shape index (κ3) is 3.94. The maximum Gasteiger partial charge on any atom is 0.410 e. The predicted molar refractivity (Wildman–Crippen MR) is 102 cm³/mol. The summed E-state index contributed by atoms with van der Waals surface area (Å²) in [6.45, 7) is 5.55. The van der Waals surface area contributed by atoms with Crippen LogP contribution < -0.4 is 10.2 Å². The molecule has 1 amide bonds. The summed E-state index contributed by atoms with van der Waals surface area (Å²) in [5.74, 6) is -0.191. The van der Waals surface area contributed by atoms with Gasteiger partial charge in [0.2, 0.25) is 5.91 Å². The summed E-state index contributed by atoms with van der Waals surface area (Å²) in [5, 5.41) is 2.43. The van der Waals surface area contributed by atoms with Crippen molar-refractivity contribution in [3.63, 3.8) is 0 Å². The zero-order valence-corrected chi connectivity index (χ0v) is 16.3. The number of nitrogens with one attached hydrogen (secondary N) is 1. The Hall–Kier alpha value is -2.28. The molecule has 0 radical (unpaired) electrons. The van der Waals surface area contributed by atoms with Crippen molar-refractivity contribution in [3.05, 3.63) is 42.0 Å². The van der Waals surface area contributed by atoms with E-state index in [9.17, 15) is 18.0 Å². The van der Waals surface area contributed by atoms with E-state index in [-0.39, 0.29) is 17.9 Å². The van der Waals surface area contributed by atoms with Crippen molar-refractivity contribution < 1.29 is 22.7 Å². The number of hydrogen-bond donors (Lipinski definition) is 1. The Kier molecular flexibility index (Phi) is 5.57. The number of hydrazine groups is 1. The summed E-state index contributed by atoms with van der Waals surface area (Å²) in [6.07, 6.45) is -2.97. The Morgan fingerprint density at radius 2 is 1.93 bits per heavy atom. The number of halogens is 3. The van der Waals surface area contributed by atoms with Crippen LogP contribution in [0.15, 0.2) is 36.4 Å². The van der Waals surface area contributed by atoms with Crippen LogP contribution in [0.3, 0.4) is 0 Å². The molecule has 1 heterocycles. The summed E-state index contributed by atoms with van der Waals surface area (Å²) in [7, 11) is 0. The standard InChI is InChI=1S/C21H25F3N2O2/c1-4-5-12-28-17-15-9-7-6-8-14(15)10-11-16(17)18(21(22,23)24)26-13-20(2,3)19(27)25-26/h6-11,18H,4-5,12-13H2,1-3H3,(H,25,27). The Labute approximate surface area is 162 Å². The quantitative estimate of drug-likeness (QED) is 0.702. The van der Waals surface area contributed by atoms with Crippen molar-refractivity contribution in [3.8, 4) is 5.75 Å². The number of alkyl halides is 3. The van der Waals surface area contributed by atoms with Gasteiger partial charge in [0.05, 0.1) is 12.0 Å². The second kappa shape index (κ2) is 7.62. The van der Waals surface area contributed by atoms with Gasteiger partial charge in [-0.15, -0.1) is 0 Å². The molecule has 1 N–H and O–H groups in total. The normalized spacial score (nSPS) is 18.3. The molecule has 1 saturated heterocycles. The molecule has 2 aromatic rings. The number of ether oxygens (including phenoxy) is 1. The fraction of sp³-hybridized carbons (Fsp3) is 0.476. The monoisotopic (exact) mass is 394 g/mol. The van der Waals surface area contributed by atoms with Crippen molar-refractivity contribution in [1.29, 1.82) is 0 Å². The average Bonchev–Trinajstić information content (AvgIpc) is 2.87. The van der Waals surface area contributed by atoms with Gasteiger partial charge in [-0.25, -0.2) is 5.01 Å². The van der Waals surface area contributed by atoms with Crippen LogP contribution in [0.2, 0.25) is 0 Å². The minimum absolute atomic E-state index is 0.0142. The van der Waals surface area contributed by atoms with Crippen LogP contribution in [0.25, 0.3) is 10.8 Å². The molecule has 2 aromatic carbocycles. The number of carbonyl (C=O) groups excluding carboxylic acids is 1. The van der Waals surface area contributed by atoms with Gasteiger partial charge in [0, 0.05) is 17.5 Å². The SMILES string of the molecule is CCCCOc1c(C(N2CC(C)(C)C(=O)N2)C(F)(F)F)ccc2ccccc12. The number of fused-ring (bicyclic) bond motifs is 1. The maximum absolute atomic E-state index is 14.2. The highest BCUT2D eigenvalue weighted by Crippen LogP contribution is 2.45. The molecule has 0 spiro atoms. The molecule has 152 valence electrons. The molecule has 1 aliphatic heterocycles. The lowest BCUT2D eigenvalue weighted by atomic mass is 9.93. The highest BCUT2D eigenvalue weighted by atomic mass is 19.4. The first-order chi connectivity index (χ1) is 13.1. The van der Waals surface area contributed by atoms with Gasteiger partial charge in [0.1, 0.15) is 5.75 Å². The minimum Gasteiger partial charge on any atom is -0.493 e. The maximum atomic E-state index is 14.2. The van der Waals surface area contributed by atoms with Gasteiger partial charge < -0.3 is 4.74 Å². The number of carbonyl (C=O) groups is 1. The van der Waals surface area contributed by atoms with Gasteiger partial charge in [-0.1, -0.05) is 49.7 Å². The average molecular weight is 394 g/mol. The molecule has 1 atom stereocenters. The van der Waals surface area contributed by atoms with Crippen molar-refractivity contribution in [1.82, 2.24) is 10.4 Å². The number of hydrogen-bond acceptors (Lipinski definition) is 3. The summed E-state index contributed by atoms with van der Waals surface area (Å²) in [4.78, 5) is 12.1. The molecule has 0 bridgehead atoms. The third-order valence-corrected chi connectivity index (χ3v) is 5.00. The van der Waals surface area contributed by atoms with E-state index in [4.69, 9.17) is 4.74 Å². The van der Waals surface area contributed by atoms with Crippen molar-refractivity contribution in [2.45, 2.75) is 45.8 Å². The molecular weight excluding hydrogens is 369 g/mol. The third-order valence-electron chi connectivity index (χ3n) is 5.00. The van der Waals surface area contributed by atoms with Gasteiger partial charge in [0.15, 0.2) is 6.04 Å². The van der Waals surface area contributed by atoms with E-state index in [1.807, 2.05) is 19.1 Å². The Morgan fingerprint density at radius 3 is 2.54 bits per heavy atom. The van der Waals surface area contributed by atoms with E-state index in [1.165, 1.54) is 6.07 Å². The van der Waals surface area contributed by atoms with E-state index < -0.39 is 23.5 Å². The van der Waals surface area contributed by atoms with Crippen molar-refractivity contribution >= 4 is 16.7 Å². The zero-order valence-electron chi connectivity index (χ0n) is 16.3. The van der Waals surface area contributed by atoms with Crippen molar-refractivity contribution in [2.24, 2.45) is 5.41 Å². The molecule has 1 unspecified atom stereocenters. The van der Waals surface area contributed by atoms with Crippen LogP contribution in [0.5, 0.6) is 5.75 Å². The number of benzene rings is 2. The number of rotatable bonds is 6. The molecule has 1 fully saturated rings. The molecule has 3 rings (SSSR count).